The van der Waals surface area contributed by atoms with Crippen LogP contribution in [0.3, 0.4) is 0 Å². The summed E-state index contributed by atoms with van der Waals surface area (Å²) in [4.78, 5) is 32.9. The number of aliphatic hydroxyl groups excluding tert-OH is 1. The van der Waals surface area contributed by atoms with Gasteiger partial charge in [-0.15, -0.1) is 0 Å². The van der Waals surface area contributed by atoms with E-state index < -0.39 is 28.1 Å². The van der Waals surface area contributed by atoms with Crippen molar-refractivity contribution in [3.05, 3.63) is 78.1 Å². The first-order chi connectivity index (χ1) is 22.9. The average Bonchev–Trinajstić information content (AvgIpc) is 3.09. The highest BCUT2D eigenvalue weighted by Gasteiger charge is 2.32. The van der Waals surface area contributed by atoms with Gasteiger partial charge in [0.2, 0.25) is 10.0 Å². The first-order valence-electron chi connectivity index (χ1n) is 16.1. The average molecular weight is 683 g/mol. The van der Waals surface area contributed by atoms with E-state index in [9.17, 15) is 23.1 Å². The molecule has 0 aliphatic carbocycles. The molecular weight excluding hydrogens is 636 g/mol. The van der Waals surface area contributed by atoms with Crippen molar-refractivity contribution in [2.45, 2.75) is 63.2 Å². The molecule has 2 heterocycles. The van der Waals surface area contributed by atoms with Crippen LogP contribution in [-0.2, 0) is 14.8 Å². The van der Waals surface area contributed by atoms with Gasteiger partial charge in [0, 0.05) is 56.3 Å². The van der Waals surface area contributed by atoms with E-state index in [-0.39, 0.29) is 48.1 Å². The molecule has 260 valence electrons. The number of sulfonamides is 1. The third-order valence-corrected chi connectivity index (χ3v) is 10.3. The molecule has 0 bridgehead atoms. The lowest BCUT2D eigenvalue weighted by Gasteiger charge is -2.35. The quantitative estimate of drug-likeness (QED) is 0.334. The molecule has 2 N–H and O–H groups in total. The number of fused-ring (bicyclic) bond motifs is 1. The third-order valence-electron chi connectivity index (χ3n) is 8.46. The minimum Gasteiger partial charge on any atom is -0.497 e. The van der Waals surface area contributed by atoms with Gasteiger partial charge >= 0.3 is 0 Å². The molecule has 0 fully saturated rings. The second kappa shape index (κ2) is 16.9. The van der Waals surface area contributed by atoms with E-state index in [1.807, 2.05) is 13.8 Å². The molecule has 4 rings (SSSR count). The minimum atomic E-state index is -3.85. The third kappa shape index (κ3) is 9.31. The maximum Gasteiger partial charge on any atom is 0.258 e. The number of rotatable bonds is 9. The van der Waals surface area contributed by atoms with Crippen LogP contribution >= 0.6 is 0 Å². The van der Waals surface area contributed by atoms with Crippen molar-refractivity contribution in [1.82, 2.24) is 14.2 Å². The van der Waals surface area contributed by atoms with Gasteiger partial charge in [-0.05, 0) is 87.7 Å². The van der Waals surface area contributed by atoms with Crippen LogP contribution in [0, 0.1) is 5.92 Å². The molecule has 1 aliphatic heterocycles. The molecule has 2 amide bonds. The van der Waals surface area contributed by atoms with Gasteiger partial charge in [0.1, 0.15) is 11.5 Å². The number of amides is 2. The molecule has 0 spiro atoms. The number of nitrogens with one attached hydrogen (secondary N) is 1. The van der Waals surface area contributed by atoms with Gasteiger partial charge in [-0.25, -0.2) is 8.42 Å². The molecule has 0 saturated heterocycles. The monoisotopic (exact) mass is 682 g/mol. The van der Waals surface area contributed by atoms with E-state index in [1.165, 1.54) is 43.0 Å². The number of benzene rings is 2. The SMILES string of the molecule is COc1ccc(S(=O)(=O)N(C)C[C@H]2OCCCC[C@H](C)Oc3ccc(NC(=O)c4ccncc4)cc3C(=O)N([C@H](C)CO)C[C@H]2C)cc1. The maximum atomic E-state index is 14.3. The fraction of sp³-hybridized carbons (Fsp3) is 0.457. The molecule has 48 heavy (non-hydrogen) atoms. The van der Waals surface area contributed by atoms with Gasteiger partial charge in [-0.3, -0.25) is 14.6 Å². The van der Waals surface area contributed by atoms with E-state index in [1.54, 1.807) is 54.3 Å². The molecule has 1 aliphatic rings. The maximum absolute atomic E-state index is 14.3. The number of carbonyl (C=O) groups is 2. The zero-order chi connectivity index (χ0) is 34.8. The van der Waals surface area contributed by atoms with Crippen LogP contribution in [0.1, 0.15) is 60.7 Å². The molecule has 0 unspecified atom stereocenters. The molecule has 12 nitrogen and oxygen atoms in total. The van der Waals surface area contributed by atoms with Gasteiger partial charge in [-0.1, -0.05) is 6.92 Å². The van der Waals surface area contributed by atoms with Gasteiger partial charge < -0.3 is 29.5 Å². The number of hydrogen-bond donors (Lipinski definition) is 2. The number of likely N-dealkylation sites (N-methyl/N-ethyl adjacent to an activating group) is 1. The Labute approximate surface area is 283 Å². The Morgan fingerprint density at radius 2 is 1.83 bits per heavy atom. The zero-order valence-electron chi connectivity index (χ0n) is 28.2. The Morgan fingerprint density at radius 3 is 2.50 bits per heavy atom. The van der Waals surface area contributed by atoms with E-state index >= 15 is 0 Å². The normalized spacial score (nSPS) is 20.3. The predicted octanol–water partition coefficient (Wildman–Crippen LogP) is 4.46. The number of methoxy groups -OCH3 is 1. The van der Waals surface area contributed by atoms with Gasteiger partial charge in [0.15, 0.2) is 0 Å². The lowest BCUT2D eigenvalue weighted by atomic mass is 10.0. The summed E-state index contributed by atoms with van der Waals surface area (Å²) in [6.07, 6.45) is 4.47. The van der Waals surface area contributed by atoms with E-state index in [2.05, 4.69) is 10.3 Å². The Hall–Kier alpha value is -4.04. The largest absolute Gasteiger partial charge is 0.497 e. The van der Waals surface area contributed by atoms with Crippen molar-refractivity contribution in [1.29, 1.82) is 0 Å². The van der Waals surface area contributed by atoms with E-state index in [0.717, 1.165) is 12.8 Å². The van der Waals surface area contributed by atoms with Crippen LogP contribution in [0.15, 0.2) is 71.9 Å². The first kappa shape index (κ1) is 36.8. The highest BCUT2D eigenvalue weighted by molar-refractivity contribution is 7.89. The van der Waals surface area contributed by atoms with Crippen LogP contribution in [0.4, 0.5) is 5.69 Å². The lowest BCUT2D eigenvalue weighted by Crippen LogP contribution is -2.48. The highest BCUT2D eigenvalue weighted by Crippen LogP contribution is 2.29. The van der Waals surface area contributed by atoms with Crippen molar-refractivity contribution in [3.8, 4) is 11.5 Å². The van der Waals surface area contributed by atoms with Crippen LogP contribution in [0.25, 0.3) is 0 Å². The molecule has 3 aromatic rings. The second-order valence-corrected chi connectivity index (χ2v) is 14.2. The first-order valence-corrected chi connectivity index (χ1v) is 17.5. The summed E-state index contributed by atoms with van der Waals surface area (Å²) in [6.45, 7) is 5.87. The summed E-state index contributed by atoms with van der Waals surface area (Å²) in [7, 11) is -0.827. The van der Waals surface area contributed by atoms with E-state index in [4.69, 9.17) is 14.2 Å². The molecule has 13 heteroatoms. The molecule has 4 atom stereocenters. The van der Waals surface area contributed by atoms with Gasteiger partial charge in [-0.2, -0.15) is 4.31 Å². The summed E-state index contributed by atoms with van der Waals surface area (Å²) in [5, 5.41) is 13.1. The van der Waals surface area contributed by atoms with Crippen molar-refractivity contribution in [3.63, 3.8) is 0 Å². The number of aliphatic hydroxyl groups is 1. The number of anilines is 1. The summed E-state index contributed by atoms with van der Waals surface area (Å²) in [5.74, 6) is -0.180. The summed E-state index contributed by atoms with van der Waals surface area (Å²) in [6, 6.07) is 13.7. The zero-order valence-corrected chi connectivity index (χ0v) is 29.0. The second-order valence-electron chi connectivity index (χ2n) is 12.2. The van der Waals surface area contributed by atoms with Crippen LogP contribution in [-0.4, -0.2) is 98.2 Å². The number of carbonyl (C=O) groups excluding carboxylic acids is 2. The topological polar surface area (TPSA) is 148 Å². The van der Waals surface area contributed by atoms with Crippen molar-refractivity contribution < 1.29 is 37.3 Å². The van der Waals surface area contributed by atoms with E-state index in [0.29, 0.717) is 35.8 Å². The van der Waals surface area contributed by atoms with Crippen molar-refractivity contribution in [2.24, 2.45) is 5.92 Å². The number of aromatic nitrogens is 1. The van der Waals surface area contributed by atoms with Crippen molar-refractivity contribution >= 4 is 27.5 Å². The Morgan fingerprint density at radius 1 is 1.12 bits per heavy atom. The molecule has 0 saturated carbocycles. The Balaban J connectivity index is 1.64. The number of pyridine rings is 1. The minimum absolute atomic E-state index is 0.0480. The number of nitrogens with zero attached hydrogens (tertiary/aromatic N) is 3. The van der Waals surface area contributed by atoms with Gasteiger partial charge in [0.25, 0.3) is 11.8 Å². The fourth-order valence-corrected chi connectivity index (χ4v) is 6.63. The molecule has 1 aromatic heterocycles. The van der Waals surface area contributed by atoms with Crippen LogP contribution < -0.4 is 14.8 Å². The standard InChI is InChI=1S/C35H46N4O8S/c1-24-21-39(25(2)23-40)35(42)31-20-28(37-34(41)27-15-17-36-18-16-27)9-14-32(31)47-26(3)8-6-7-19-46-33(24)22-38(4)48(43,44)30-12-10-29(45-5)11-13-30/h9-18,20,24-26,33,40H,6-8,19,21-23H2,1-5H3,(H,37,41)/t24-,25-,26+,33-/m1/s1. The molecule has 2 aromatic carbocycles. The number of ether oxygens (including phenoxy) is 3. The number of hydrogen-bond acceptors (Lipinski definition) is 9. The highest BCUT2D eigenvalue weighted by atomic mass is 32.2. The smallest absolute Gasteiger partial charge is 0.258 e. The van der Waals surface area contributed by atoms with Crippen LogP contribution in [0.2, 0.25) is 0 Å². The molecular formula is C35H46N4O8S. The van der Waals surface area contributed by atoms with Crippen molar-refractivity contribution in [2.75, 3.05) is 45.8 Å². The predicted molar refractivity (Wildman–Crippen MR) is 182 cm³/mol. The Bertz CT molecular complexity index is 1620. The lowest BCUT2D eigenvalue weighted by molar-refractivity contribution is -0.00834. The Kier molecular flexibility index (Phi) is 12.9. The summed E-state index contributed by atoms with van der Waals surface area (Å²) in [5.41, 5.74) is 1.05. The van der Waals surface area contributed by atoms with Gasteiger partial charge in [0.05, 0.1) is 42.4 Å². The summed E-state index contributed by atoms with van der Waals surface area (Å²) >= 11 is 0. The van der Waals surface area contributed by atoms with Crippen LogP contribution in [0.5, 0.6) is 11.5 Å². The molecule has 0 radical (unpaired) electrons. The fourth-order valence-electron chi connectivity index (χ4n) is 5.45. The summed E-state index contributed by atoms with van der Waals surface area (Å²) < 4.78 is 46.0.